The van der Waals surface area contributed by atoms with Gasteiger partial charge in [0.15, 0.2) is 0 Å². The van der Waals surface area contributed by atoms with E-state index in [0.29, 0.717) is 0 Å². The van der Waals surface area contributed by atoms with Gasteiger partial charge in [-0.1, -0.05) is 6.07 Å². The van der Waals surface area contributed by atoms with Crippen LogP contribution >= 0.6 is 0 Å². The van der Waals surface area contributed by atoms with E-state index in [-0.39, 0.29) is 0 Å². The molecule has 2 heterocycles. The van der Waals surface area contributed by atoms with E-state index in [1.165, 1.54) is 19.5 Å². The molecule has 2 heteroatoms. The minimum Gasteiger partial charge on any atom is -0.317 e. The first-order valence-corrected chi connectivity index (χ1v) is 3.56. The summed E-state index contributed by atoms with van der Waals surface area (Å²) >= 11 is 0. The van der Waals surface area contributed by atoms with Crippen molar-refractivity contribution in [3.05, 3.63) is 30.6 Å². The molecule has 1 aliphatic rings. The number of hydrogen-bond acceptors (Lipinski definition) is 2. The molecular formula is C8H12N2. The average Bonchev–Trinajstić information content (AvgIpc) is 1.88. The minimum absolute atomic E-state index is 1.25. The summed E-state index contributed by atoms with van der Waals surface area (Å²) in [6.07, 6.45) is 4.89. The molecule has 0 aliphatic carbocycles. The topological polar surface area (TPSA) is 24.9 Å². The largest absolute Gasteiger partial charge is 0.317 e. The fraction of sp³-hybridized carbons (Fsp3) is 0.375. The molecule has 0 aromatic carbocycles. The molecular weight excluding hydrogens is 124 g/mol. The maximum absolute atomic E-state index is 3.78. The predicted octanol–water partition coefficient (Wildman–Crippen LogP) is 1.06. The lowest BCUT2D eigenvalue weighted by Crippen LogP contribution is -2.29. The van der Waals surface area contributed by atoms with Gasteiger partial charge in [0.2, 0.25) is 0 Å². The van der Waals surface area contributed by atoms with E-state index in [9.17, 15) is 0 Å². The van der Waals surface area contributed by atoms with E-state index in [0.717, 1.165) is 0 Å². The Morgan fingerprint density at radius 1 is 1.00 bits per heavy atom. The van der Waals surface area contributed by atoms with Gasteiger partial charge < -0.3 is 5.32 Å². The predicted molar refractivity (Wildman–Crippen MR) is 41.7 cm³/mol. The third-order valence-corrected chi connectivity index (χ3v) is 1.27. The van der Waals surface area contributed by atoms with Crippen molar-refractivity contribution in [2.75, 3.05) is 13.1 Å². The highest BCUT2D eigenvalue weighted by atomic mass is 14.9. The zero-order valence-corrected chi connectivity index (χ0v) is 5.96. The Morgan fingerprint density at radius 3 is 1.60 bits per heavy atom. The third-order valence-electron chi connectivity index (χ3n) is 1.27. The zero-order chi connectivity index (χ0) is 7.07. The van der Waals surface area contributed by atoms with Crippen LogP contribution in [0, 0.1) is 0 Å². The average molecular weight is 136 g/mol. The molecule has 0 bridgehead atoms. The number of rotatable bonds is 0. The first kappa shape index (κ1) is 7.22. The second kappa shape index (κ2) is 4.94. The van der Waals surface area contributed by atoms with Gasteiger partial charge >= 0.3 is 0 Å². The number of aromatic nitrogens is 1. The molecule has 10 heavy (non-hydrogen) atoms. The summed E-state index contributed by atoms with van der Waals surface area (Å²) in [7, 11) is 0. The van der Waals surface area contributed by atoms with E-state index in [1.54, 1.807) is 12.4 Å². The van der Waals surface area contributed by atoms with Crippen LogP contribution in [0.2, 0.25) is 0 Å². The molecule has 0 amide bonds. The van der Waals surface area contributed by atoms with Gasteiger partial charge in [0.1, 0.15) is 0 Å². The molecule has 0 saturated carbocycles. The smallest absolute Gasteiger partial charge is 0.0267 e. The van der Waals surface area contributed by atoms with Crippen molar-refractivity contribution in [1.29, 1.82) is 0 Å². The molecule has 1 aromatic rings. The highest BCUT2D eigenvalue weighted by molar-refractivity contribution is 4.88. The van der Waals surface area contributed by atoms with Crippen LogP contribution < -0.4 is 5.32 Å². The van der Waals surface area contributed by atoms with Crippen LogP contribution in [-0.2, 0) is 0 Å². The molecule has 0 atom stereocenters. The lowest BCUT2D eigenvalue weighted by molar-refractivity contribution is 0.527. The van der Waals surface area contributed by atoms with Crippen LogP contribution in [-0.4, -0.2) is 18.1 Å². The Hall–Kier alpha value is -0.890. The highest BCUT2D eigenvalue weighted by Crippen LogP contribution is 1.80. The van der Waals surface area contributed by atoms with Crippen molar-refractivity contribution in [2.24, 2.45) is 0 Å². The summed E-state index contributed by atoms with van der Waals surface area (Å²) in [6, 6.07) is 5.72. The van der Waals surface area contributed by atoms with E-state index >= 15 is 0 Å². The molecule has 0 radical (unpaired) electrons. The summed E-state index contributed by atoms with van der Waals surface area (Å²) in [5.74, 6) is 0. The van der Waals surface area contributed by atoms with Crippen molar-refractivity contribution in [3.63, 3.8) is 0 Å². The minimum atomic E-state index is 1.25. The van der Waals surface area contributed by atoms with Gasteiger partial charge in [0, 0.05) is 12.4 Å². The van der Waals surface area contributed by atoms with Crippen molar-refractivity contribution in [1.82, 2.24) is 10.3 Å². The second-order valence-corrected chi connectivity index (χ2v) is 2.13. The Kier molecular flexibility index (Phi) is 3.57. The summed E-state index contributed by atoms with van der Waals surface area (Å²) in [5.41, 5.74) is 0. The number of nitrogens with one attached hydrogen (secondary N) is 1. The third kappa shape index (κ3) is 3.20. The molecule has 1 aliphatic heterocycles. The first-order chi connectivity index (χ1) is 5.00. The zero-order valence-electron chi connectivity index (χ0n) is 5.96. The van der Waals surface area contributed by atoms with Gasteiger partial charge in [-0.15, -0.1) is 0 Å². The standard InChI is InChI=1S/C5H5N.C3H7N/c1-2-4-6-5-3-1;1-2-4-3-1/h1-5H;4H,1-3H2. The Bertz CT molecular complexity index is 116. The summed E-state index contributed by atoms with van der Waals surface area (Å²) < 4.78 is 0. The molecule has 0 unspecified atom stereocenters. The lowest BCUT2D eigenvalue weighted by Gasteiger charge is -2.09. The summed E-state index contributed by atoms with van der Waals surface area (Å²) in [6.45, 7) is 2.50. The first-order valence-electron chi connectivity index (χ1n) is 3.56. The number of nitrogens with zero attached hydrogens (tertiary/aromatic N) is 1. The molecule has 1 fully saturated rings. The fourth-order valence-electron chi connectivity index (χ4n) is 0.489. The van der Waals surface area contributed by atoms with Gasteiger partial charge in [-0.3, -0.25) is 4.98 Å². The van der Waals surface area contributed by atoms with Gasteiger partial charge in [0.25, 0.3) is 0 Å². The maximum Gasteiger partial charge on any atom is 0.0267 e. The van der Waals surface area contributed by atoms with E-state index < -0.39 is 0 Å². The van der Waals surface area contributed by atoms with Crippen molar-refractivity contribution < 1.29 is 0 Å². The van der Waals surface area contributed by atoms with Gasteiger partial charge in [-0.05, 0) is 31.6 Å². The molecule has 1 saturated heterocycles. The Labute approximate surface area is 61.3 Å². The molecule has 2 nitrogen and oxygen atoms in total. The van der Waals surface area contributed by atoms with Crippen molar-refractivity contribution >= 4 is 0 Å². The number of pyridine rings is 1. The van der Waals surface area contributed by atoms with E-state index in [2.05, 4.69) is 10.3 Å². The van der Waals surface area contributed by atoms with Crippen molar-refractivity contribution in [2.45, 2.75) is 6.42 Å². The van der Waals surface area contributed by atoms with Crippen LogP contribution in [0.15, 0.2) is 30.6 Å². The van der Waals surface area contributed by atoms with Crippen LogP contribution in [0.4, 0.5) is 0 Å². The summed E-state index contributed by atoms with van der Waals surface area (Å²) in [4.78, 5) is 3.78. The monoisotopic (exact) mass is 136 g/mol. The molecule has 2 rings (SSSR count). The normalized spacial score (nSPS) is 14.4. The quantitative estimate of drug-likeness (QED) is 0.577. The molecule has 54 valence electrons. The molecule has 1 aromatic heterocycles. The lowest BCUT2D eigenvalue weighted by atomic mass is 10.3. The van der Waals surface area contributed by atoms with E-state index in [4.69, 9.17) is 0 Å². The van der Waals surface area contributed by atoms with E-state index in [1.807, 2.05) is 18.2 Å². The number of hydrogen-bond donors (Lipinski definition) is 1. The van der Waals surface area contributed by atoms with Crippen LogP contribution in [0.1, 0.15) is 6.42 Å². The van der Waals surface area contributed by atoms with Gasteiger partial charge in [-0.2, -0.15) is 0 Å². The van der Waals surface area contributed by atoms with Crippen LogP contribution in [0.25, 0.3) is 0 Å². The SMILES string of the molecule is C1CNC1.c1ccncc1. The second-order valence-electron chi connectivity index (χ2n) is 2.13. The van der Waals surface area contributed by atoms with Crippen LogP contribution in [0.3, 0.4) is 0 Å². The molecule has 1 N–H and O–H groups in total. The van der Waals surface area contributed by atoms with Gasteiger partial charge in [-0.25, -0.2) is 0 Å². The summed E-state index contributed by atoms with van der Waals surface area (Å²) in [5, 5.41) is 3.11. The van der Waals surface area contributed by atoms with Crippen molar-refractivity contribution in [3.8, 4) is 0 Å². The molecule has 0 spiro atoms. The van der Waals surface area contributed by atoms with Gasteiger partial charge in [0.05, 0.1) is 0 Å². The fourth-order valence-corrected chi connectivity index (χ4v) is 0.489. The Morgan fingerprint density at radius 2 is 1.50 bits per heavy atom. The van der Waals surface area contributed by atoms with Crippen LogP contribution in [0.5, 0.6) is 0 Å². The maximum atomic E-state index is 3.78. The highest BCUT2D eigenvalue weighted by Gasteiger charge is 1.92. The Balaban J connectivity index is 0.000000108.